The standard InChI is InChI=1S/C28H38NO10P/c1-6-35-40(33,36-7-2)16-15-25-27(37-21(5)30)19(3)20(4)28(39-25)38-23-13-14-24(29(31)32)26(17-23)34-18-22-11-9-8-10-12-22/h8-14,17,19-20,25,27-28H,6-7,15-16,18H2,1-5H3/t19-,20+,25-,27+,28+/m1/s1. The van der Waals surface area contributed by atoms with E-state index in [2.05, 4.69) is 0 Å². The third kappa shape index (κ3) is 8.51. The molecular formula is C28H38NO10P. The zero-order chi connectivity index (χ0) is 29.3. The molecule has 11 nitrogen and oxygen atoms in total. The SMILES string of the molecule is CCOP(=O)(CC[C@H]1O[C@H](Oc2ccc([N+](=O)[O-])c(OCc3ccccc3)c2)[C@@H](C)[C@@H](C)[C@@H]1OC(C)=O)OCC. The molecule has 0 amide bonds. The van der Waals surface area contributed by atoms with Gasteiger partial charge in [0.05, 0.1) is 30.4 Å². The maximum absolute atomic E-state index is 13.1. The van der Waals surface area contributed by atoms with Crippen LogP contribution in [0.5, 0.6) is 11.5 Å². The van der Waals surface area contributed by atoms with E-state index < -0.39 is 37.0 Å². The summed E-state index contributed by atoms with van der Waals surface area (Å²) in [6.07, 6.45) is -1.74. The van der Waals surface area contributed by atoms with Crippen LogP contribution in [-0.2, 0) is 34.5 Å². The molecule has 1 aliphatic rings. The van der Waals surface area contributed by atoms with Crippen LogP contribution in [0.1, 0.15) is 46.6 Å². The molecule has 2 aromatic carbocycles. The second-order valence-electron chi connectivity index (χ2n) is 9.57. The van der Waals surface area contributed by atoms with E-state index in [4.69, 9.17) is 28.0 Å². The monoisotopic (exact) mass is 579 g/mol. The second-order valence-corrected chi connectivity index (χ2v) is 11.8. The van der Waals surface area contributed by atoms with Crippen molar-refractivity contribution in [2.24, 2.45) is 11.8 Å². The number of carbonyl (C=O) groups excluding carboxylic acids is 1. The van der Waals surface area contributed by atoms with E-state index in [1.165, 1.54) is 25.1 Å². The molecule has 0 spiro atoms. The van der Waals surface area contributed by atoms with Gasteiger partial charge in [0.2, 0.25) is 12.0 Å². The molecule has 12 heteroatoms. The maximum Gasteiger partial charge on any atom is 0.330 e. The average molecular weight is 580 g/mol. The molecule has 0 radical (unpaired) electrons. The van der Waals surface area contributed by atoms with Crippen molar-refractivity contribution in [3.63, 3.8) is 0 Å². The molecule has 1 fully saturated rings. The number of nitro benzene ring substituents is 1. The van der Waals surface area contributed by atoms with Crippen LogP contribution in [0.4, 0.5) is 5.69 Å². The molecular weight excluding hydrogens is 541 g/mol. The Labute approximate surface area is 234 Å². The summed E-state index contributed by atoms with van der Waals surface area (Å²) in [7, 11) is -3.36. The topological polar surface area (TPSA) is 133 Å². The number of hydrogen-bond acceptors (Lipinski definition) is 10. The summed E-state index contributed by atoms with van der Waals surface area (Å²) in [5, 5.41) is 11.6. The van der Waals surface area contributed by atoms with Gasteiger partial charge in [0.1, 0.15) is 18.5 Å². The van der Waals surface area contributed by atoms with Crippen molar-refractivity contribution in [1.29, 1.82) is 0 Å². The first-order valence-electron chi connectivity index (χ1n) is 13.4. The number of nitro groups is 1. The average Bonchev–Trinajstić information content (AvgIpc) is 2.91. The lowest BCUT2D eigenvalue weighted by molar-refractivity contribution is -0.386. The van der Waals surface area contributed by atoms with Crippen LogP contribution < -0.4 is 9.47 Å². The summed E-state index contributed by atoms with van der Waals surface area (Å²) >= 11 is 0. The van der Waals surface area contributed by atoms with Gasteiger partial charge in [0, 0.05) is 30.9 Å². The third-order valence-corrected chi connectivity index (χ3v) is 8.82. The van der Waals surface area contributed by atoms with Gasteiger partial charge < -0.3 is 28.0 Å². The van der Waals surface area contributed by atoms with E-state index in [-0.39, 0.29) is 55.7 Å². The third-order valence-electron chi connectivity index (χ3n) is 6.71. The smallest absolute Gasteiger partial charge is 0.330 e. The van der Waals surface area contributed by atoms with Gasteiger partial charge in [0.25, 0.3) is 0 Å². The lowest BCUT2D eigenvalue weighted by Gasteiger charge is -2.44. The molecule has 0 saturated carbocycles. The van der Waals surface area contributed by atoms with Crippen LogP contribution >= 0.6 is 7.60 Å². The first-order chi connectivity index (χ1) is 19.1. The molecule has 0 aliphatic carbocycles. The molecule has 1 saturated heterocycles. The number of benzene rings is 2. The van der Waals surface area contributed by atoms with Crippen molar-refractivity contribution in [2.45, 2.75) is 66.1 Å². The molecule has 220 valence electrons. The fraction of sp³-hybridized carbons (Fsp3) is 0.536. The molecule has 0 N–H and O–H groups in total. The molecule has 0 aromatic heterocycles. The number of nitrogens with zero attached hydrogens (tertiary/aromatic N) is 1. The van der Waals surface area contributed by atoms with Crippen LogP contribution in [0.25, 0.3) is 0 Å². The van der Waals surface area contributed by atoms with E-state index in [0.29, 0.717) is 5.75 Å². The Hall–Kier alpha value is -2.98. The zero-order valence-electron chi connectivity index (χ0n) is 23.5. The minimum atomic E-state index is -3.36. The van der Waals surface area contributed by atoms with Crippen molar-refractivity contribution in [3.05, 3.63) is 64.2 Å². The minimum absolute atomic E-state index is 0.0616. The molecule has 0 unspecified atom stereocenters. The lowest BCUT2D eigenvalue weighted by atomic mass is 9.83. The minimum Gasteiger partial charge on any atom is -0.482 e. The summed E-state index contributed by atoms with van der Waals surface area (Å²) in [5.41, 5.74) is 0.668. The molecule has 3 rings (SSSR count). The first-order valence-corrected chi connectivity index (χ1v) is 15.1. The van der Waals surface area contributed by atoms with Crippen LogP contribution in [0.15, 0.2) is 48.5 Å². The van der Waals surface area contributed by atoms with Gasteiger partial charge in [-0.3, -0.25) is 19.5 Å². The van der Waals surface area contributed by atoms with E-state index in [1.807, 2.05) is 44.2 Å². The summed E-state index contributed by atoms with van der Waals surface area (Å²) in [6, 6.07) is 13.6. The first kappa shape index (κ1) is 31.5. The maximum atomic E-state index is 13.1. The summed E-state index contributed by atoms with van der Waals surface area (Å²) in [4.78, 5) is 23.0. The molecule has 1 aliphatic heterocycles. The van der Waals surface area contributed by atoms with Crippen molar-refractivity contribution >= 4 is 19.3 Å². The van der Waals surface area contributed by atoms with Gasteiger partial charge in [-0.05, 0) is 31.9 Å². The van der Waals surface area contributed by atoms with Crippen molar-refractivity contribution in [1.82, 2.24) is 0 Å². The number of esters is 1. The predicted molar refractivity (Wildman–Crippen MR) is 147 cm³/mol. The summed E-state index contributed by atoms with van der Waals surface area (Å²) < 4.78 is 47.8. The van der Waals surface area contributed by atoms with Crippen LogP contribution in [0, 0.1) is 22.0 Å². The number of carbonyl (C=O) groups is 1. The molecule has 5 atom stereocenters. The fourth-order valence-corrected chi connectivity index (χ4v) is 6.24. The quantitative estimate of drug-likeness (QED) is 0.111. The summed E-state index contributed by atoms with van der Waals surface area (Å²) in [6.45, 7) is 9.24. The van der Waals surface area contributed by atoms with E-state index >= 15 is 0 Å². The molecule has 1 heterocycles. The Bertz CT molecular complexity index is 1170. The van der Waals surface area contributed by atoms with Gasteiger partial charge in [-0.15, -0.1) is 0 Å². The normalized spacial score (nSPS) is 22.9. The number of rotatable bonds is 14. The fourth-order valence-electron chi connectivity index (χ4n) is 4.55. The highest BCUT2D eigenvalue weighted by molar-refractivity contribution is 7.53. The number of ether oxygens (including phenoxy) is 4. The van der Waals surface area contributed by atoms with Gasteiger partial charge in [0.15, 0.2) is 0 Å². The highest BCUT2D eigenvalue weighted by atomic mass is 31.2. The van der Waals surface area contributed by atoms with E-state index in [1.54, 1.807) is 13.8 Å². The number of hydrogen-bond donors (Lipinski definition) is 0. The van der Waals surface area contributed by atoms with Crippen LogP contribution in [-0.4, -0.2) is 48.8 Å². The van der Waals surface area contributed by atoms with Gasteiger partial charge in [-0.25, -0.2) is 0 Å². The van der Waals surface area contributed by atoms with Gasteiger partial charge in [-0.1, -0.05) is 44.2 Å². The zero-order valence-corrected chi connectivity index (χ0v) is 24.4. The summed E-state index contributed by atoms with van der Waals surface area (Å²) in [5.74, 6) is -0.484. The van der Waals surface area contributed by atoms with E-state index in [0.717, 1.165) is 5.56 Å². The Kier molecular flexibility index (Phi) is 11.5. The molecule has 0 bridgehead atoms. The molecule has 40 heavy (non-hydrogen) atoms. The Balaban J connectivity index is 1.81. The second kappa shape index (κ2) is 14.6. The van der Waals surface area contributed by atoms with Gasteiger partial charge >= 0.3 is 19.3 Å². The highest BCUT2D eigenvalue weighted by Gasteiger charge is 2.45. The van der Waals surface area contributed by atoms with Crippen LogP contribution in [0.2, 0.25) is 0 Å². The Morgan fingerprint density at radius 2 is 1.73 bits per heavy atom. The van der Waals surface area contributed by atoms with Crippen LogP contribution in [0.3, 0.4) is 0 Å². The van der Waals surface area contributed by atoms with E-state index in [9.17, 15) is 19.5 Å². The Morgan fingerprint density at radius 1 is 1.05 bits per heavy atom. The largest absolute Gasteiger partial charge is 0.482 e. The predicted octanol–water partition coefficient (Wildman–Crippen LogP) is 6.14. The van der Waals surface area contributed by atoms with Crippen molar-refractivity contribution in [2.75, 3.05) is 19.4 Å². The Morgan fingerprint density at radius 3 is 2.33 bits per heavy atom. The highest BCUT2D eigenvalue weighted by Crippen LogP contribution is 2.50. The van der Waals surface area contributed by atoms with Crippen molar-refractivity contribution < 1.29 is 42.3 Å². The molecule has 2 aromatic rings. The van der Waals surface area contributed by atoms with Gasteiger partial charge in [-0.2, -0.15) is 0 Å². The van der Waals surface area contributed by atoms with Crippen molar-refractivity contribution in [3.8, 4) is 11.5 Å². The lowest BCUT2D eigenvalue weighted by Crippen LogP contribution is -2.53.